The van der Waals surface area contributed by atoms with Crippen LogP contribution in [0.3, 0.4) is 0 Å². The van der Waals surface area contributed by atoms with Crippen LogP contribution < -0.4 is 29.6 Å². The van der Waals surface area contributed by atoms with Crippen LogP contribution in [-0.4, -0.2) is 30.3 Å². The van der Waals surface area contributed by atoms with Crippen LogP contribution in [0.25, 0.3) is 0 Å². The molecule has 0 rings (SSSR count). The Morgan fingerprint density at radius 3 is 1.44 bits per heavy atom. The summed E-state index contributed by atoms with van der Waals surface area (Å²) < 4.78 is 111. The molecule has 0 aromatic rings. The van der Waals surface area contributed by atoms with E-state index in [1.54, 1.807) is 0 Å². The Morgan fingerprint density at radius 2 is 1.25 bits per heavy atom. The molecule has 0 amide bonds. The minimum Gasteiger partial charge on any atom is -0.743 e. The molecular weight excluding hydrogens is 284 g/mol. The van der Waals surface area contributed by atoms with Gasteiger partial charge in [-0.3, -0.25) is 0 Å². The Hall–Kier alpha value is 0.420. The van der Waals surface area contributed by atoms with Crippen molar-refractivity contribution in [2.75, 3.05) is 0 Å². The smallest absolute Gasteiger partial charge is 0.743 e. The summed E-state index contributed by atoms with van der Waals surface area (Å²) in [6.45, 7) is 0. The van der Waals surface area contributed by atoms with Crippen molar-refractivity contribution in [3.05, 3.63) is 0 Å². The number of alkyl halides is 7. The van der Waals surface area contributed by atoms with Gasteiger partial charge in [0.15, 0.2) is 10.1 Å². The van der Waals surface area contributed by atoms with Crippen LogP contribution in [0.1, 0.15) is 6.42 Å². The maximum Gasteiger partial charge on any atom is 1.00 e. The van der Waals surface area contributed by atoms with E-state index in [0.717, 1.165) is 0 Å². The van der Waals surface area contributed by atoms with E-state index in [2.05, 4.69) is 0 Å². The van der Waals surface area contributed by atoms with E-state index in [1.807, 2.05) is 0 Å². The van der Waals surface area contributed by atoms with E-state index in [9.17, 15) is 43.7 Å². The first-order chi connectivity index (χ1) is 6.21. The second-order valence-electron chi connectivity index (χ2n) is 2.47. The Balaban J connectivity index is 0. The van der Waals surface area contributed by atoms with E-state index in [-0.39, 0.29) is 29.6 Å². The molecule has 0 saturated carbocycles. The van der Waals surface area contributed by atoms with E-state index < -0.39 is 33.9 Å². The van der Waals surface area contributed by atoms with Crippen LogP contribution in [-0.2, 0) is 10.1 Å². The monoisotopic (exact) mass is 286 g/mol. The maximum absolute atomic E-state index is 12.1. The Bertz CT molecular complexity index is 334. The largest absolute Gasteiger partial charge is 1.00 e. The van der Waals surface area contributed by atoms with Gasteiger partial charge >= 0.3 is 46.9 Å². The summed E-state index contributed by atoms with van der Waals surface area (Å²) in [6, 6.07) is 0. The average molecular weight is 286 g/mol. The Kier molecular flexibility index (Phi) is 5.82. The first-order valence-corrected chi connectivity index (χ1v) is 4.39. The fraction of sp³-hybridized carbons (Fsp3) is 1.00. The summed E-state index contributed by atoms with van der Waals surface area (Å²) in [5.41, 5.74) is 0. The topological polar surface area (TPSA) is 57.2 Å². The van der Waals surface area contributed by atoms with Gasteiger partial charge in [0.2, 0.25) is 0 Å². The van der Waals surface area contributed by atoms with E-state index in [4.69, 9.17) is 0 Å². The first kappa shape index (κ1) is 18.8. The molecule has 16 heavy (non-hydrogen) atoms. The van der Waals surface area contributed by atoms with Gasteiger partial charge in [-0.1, -0.05) is 0 Å². The quantitative estimate of drug-likeness (QED) is 0.369. The molecule has 3 nitrogen and oxygen atoms in total. The molecule has 0 heterocycles. The first-order valence-electron chi connectivity index (χ1n) is 2.98. The third-order valence-electron chi connectivity index (χ3n) is 1.16. The van der Waals surface area contributed by atoms with Crippen LogP contribution in [0.2, 0.25) is 0 Å². The van der Waals surface area contributed by atoms with Gasteiger partial charge in [-0.25, -0.2) is 8.42 Å². The molecule has 0 aliphatic heterocycles. The van der Waals surface area contributed by atoms with Crippen LogP contribution in [0, 0.1) is 0 Å². The Labute approximate surface area is 107 Å². The SMILES string of the molecule is O=S(=O)([O-])C(F)(F)C(F)(F)CC(F)(F)F.[Na+]. The van der Waals surface area contributed by atoms with Crippen molar-refractivity contribution >= 4 is 10.1 Å². The van der Waals surface area contributed by atoms with Gasteiger partial charge in [-0.2, -0.15) is 30.7 Å². The van der Waals surface area contributed by atoms with E-state index >= 15 is 0 Å². The minimum atomic E-state index is -6.87. The van der Waals surface area contributed by atoms with E-state index in [1.165, 1.54) is 0 Å². The molecule has 0 spiro atoms. The van der Waals surface area contributed by atoms with Crippen molar-refractivity contribution in [3.8, 4) is 0 Å². The summed E-state index contributed by atoms with van der Waals surface area (Å²) in [5.74, 6) is -5.99. The molecular formula is C4H2F7NaO3S. The average Bonchev–Trinajstić information content (AvgIpc) is 1.77. The van der Waals surface area contributed by atoms with Gasteiger partial charge in [-0.15, -0.1) is 0 Å². The third kappa shape index (κ3) is 4.35. The van der Waals surface area contributed by atoms with Crippen molar-refractivity contribution in [2.24, 2.45) is 0 Å². The normalized spacial score (nSPS) is 14.5. The zero-order chi connectivity index (χ0) is 12.7. The minimum absolute atomic E-state index is 0. The van der Waals surface area contributed by atoms with Crippen LogP contribution in [0.15, 0.2) is 0 Å². The van der Waals surface area contributed by atoms with Crippen molar-refractivity contribution in [2.45, 2.75) is 23.8 Å². The summed E-state index contributed by atoms with van der Waals surface area (Å²) in [7, 11) is -6.87. The predicted octanol–water partition coefficient (Wildman–Crippen LogP) is -1.28. The van der Waals surface area contributed by atoms with Gasteiger partial charge in [0.05, 0.1) is 0 Å². The molecule has 0 aromatic carbocycles. The van der Waals surface area contributed by atoms with Gasteiger partial charge < -0.3 is 4.55 Å². The van der Waals surface area contributed by atoms with Crippen LogP contribution in [0.5, 0.6) is 0 Å². The maximum atomic E-state index is 12.1. The second-order valence-corrected chi connectivity index (χ2v) is 3.89. The van der Waals surface area contributed by atoms with Gasteiger partial charge in [0.1, 0.15) is 6.42 Å². The van der Waals surface area contributed by atoms with E-state index in [0.29, 0.717) is 0 Å². The van der Waals surface area contributed by atoms with Crippen molar-refractivity contribution < 1.29 is 73.3 Å². The molecule has 0 unspecified atom stereocenters. The molecule has 0 aromatic heterocycles. The number of hydrogen-bond acceptors (Lipinski definition) is 3. The summed E-state index contributed by atoms with van der Waals surface area (Å²) in [4.78, 5) is 0. The zero-order valence-electron chi connectivity index (χ0n) is 7.49. The molecule has 0 atom stereocenters. The van der Waals surface area contributed by atoms with Gasteiger partial charge in [0.25, 0.3) is 0 Å². The number of halogens is 7. The summed E-state index contributed by atoms with van der Waals surface area (Å²) >= 11 is 0. The zero-order valence-corrected chi connectivity index (χ0v) is 10.3. The molecule has 92 valence electrons. The molecule has 0 aliphatic rings. The molecule has 0 aliphatic carbocycles. The molecule has 0 bridgehead atoms. The molecule has 0 radical (unpaired) electrons. The summed E-state index contributed by atoms with van der Waals surface area (Å²) in [6.07, 6.45) is -9.12. The van der Waals surface area contributed by atoms with Gasteiger partial charge in [-0.05, 0) is 0 Å². The number of rotatable bonds is 3. The Morgan fingerprint density at radius 1 is 0.938 bits per heavy atom. The van der Waals surface area contributed by atoms with Crippen molar-refractivity contribution in [1.29, 1.82) is 0 Å². The molecule has 0 N–H and O–H groups in total. The molecule has 12 heteroatoms. The number of hydrogen-bond donors (Lipinski definition) is 0. The van der Waals surface area contributed by atoms with Crippen LogP contribution >= 0.6 is 0 Å². The molecule has 0 saturated heterocycles. The predicted molar refractivity (Wildman–Crippen MR) is 30.3 cm³/mol. The van der Waals surface area contributed by atoms with Crippen LogP contribution in [0.4, 0.5) is 30.7 Å². The fourth-order valence-electron chi connectivity index (χ4n) is 0.538. The van der Waals surface area contributed by atoms with Gasteiger partial charge in [0, 0.05) is 0 Å². The summed E-state index contributed by atoms with van der Waals surface area (Å²) in [5, 5.41) is -6.30. The van der Waals surface area contributed by atoms with Crippen molar-refractivity contribution in [3.63, 3.8) is 0 Å². The second kappa shape index (κ2) is 4.96. The third-order valence-corrected chi connectivity index (χ3v) is 2.09. The fourth-order valence-corrected chi connectivity index (χ4v) is 0.975. The standard InChI is InChI=1S/C4H3F7O3S.Na/c5-2(6,1-3(7,8)9)4(10,11)15(12,13)14;/h1H2,(H,12,13,14);/q;+1/p-1. The molecule has 0 fully saturated rings. The van der Waals surface area contributed by atoms with Crippen molar-refractivity contribution in [1.82, 2.24) is 0 Å².